The third kappa shape index (κ3) is 3.88. The summed E-state index contributed by atoms with van der Waals surface area (Å²) in [5.41, 5.74) is 9.45. The van der Waals surface area contributed by atoms with E-state index >= 15 is 0 Å². The smallest absolute Gasteiger partial charge is 0.170 e. The molecule has 5 nitrogen and oxygen atoms in total. The zero-order valence-corrected chi connectivity index (χ0v) is 20.8. The van der Waals surface area contributed by atoms with E-state index in [0.29, 0.717) is 6.54 Å². The minimum absolute atomic E-state index is 0.00512. The molecule has 1 saturated heterocycles. The summed E-state index contributed by atoms with van der Waals surface area (Å²) < 4.78 is 2.37. The van der Waals surface area contributed by atoms with Gasteiger partial charge in [0, 0.05) is 29.5 Å². The molecule has 0 radical (unpaired) electrons. The van der Waals surface area contributed by atoms with E-state index in [1.54, 1.807) is 0 Å². The predicted octanol–water partition coefficient (Wildman–Crippen LogP) is 5.67. The molecule has 4 aromatic rings. The molecule has 1 aromatic carbocycles. The van der Waals surface area contributed by atoms with Gasteiger partial charge in [-0.3, -0.25) is 9.97 Å². The Bertz CT molecular complexity index is 1330. The average molecular weight is 468 g/mol. The van der Waals surface area contributed by atoms with E-state index in [1.807, 2.05) is 42.7 Å². The van der Waals surface area contributed by atoms with Crippen molar-refractivity contribution in [2.24, 2.45) is 0 Å². The molecule has 1 fully saturated rings. The second kappa shape index (κ2) is 9.03. The molecule has 0 amide bonds. The van der Waals surface area contributed by atoms with Crippen LogP contribution >= 0.6 is 12.2 Å². The average Bonchev–Trinajstić information content (AvgIpc) is 3.32. The minimum atomic E-state index is -0.0510. The Hall–Kier alpha value is -3.51. The van der Waals surface area contributed by atoms with Crippen LogP contribution in [-0.2, 0) is 6.54 Å². The Labute approximate surface area is 206 Å². The summed E-state index contributed by atoms with van der Waals surface area (Å²) in [5.74, 6) is 0. The first kappa shape index (κ1) is 22.3. The second-order valence-electron chi connectivity index (χ2n) is 8.96. The van der Waals surface area contributed by atoms with Crippen LogP contribution in [0.1, 0.15) is 51.5 Å². The highest BCUT2D eigenvalue weighted by atomic mass is 32.1. The lowest BCUT2D eigenvalue weighted by molar-refractivity contribution is 0.307. The van der Waals surface area contributed by atoms with Crippen molar-refractivity contribution in [3.05, 3.63) is 113 Å². The van der Waals surface area contributed by atoms with Gasteiger partial charge in [0.15, 0.2) is 5.11 Å². The zero-order chi connectivity index (χ0) is 23.8. The number of nitrogens with zero attached hydrogens (tertiary/aromatic N) is 4. The molecule has 0 unspecified atom stereocenters. The lowest BCUT2D eigenvalue weighted by Gasteiger charge is -2.28. The zero-order valence-electron chi connectivity index (χ0n) is 20.0. The van der Waals surface area contributed by atoms with Crippen molar-refractivity contribution in [2.75, 3.05) is 0 Å². The fraction of sp³-hybridized carbons (Fsp3) is 0.250. The summed E-state index contributed by atoms with van der Waals surface area (Å²) >= 11 is 5.86. The lowest BCUT2D eigenvalue weighted by Crippen LogP contribution is -2.29. The van der Waals surface area contributed by atoms with E-state index < -0.39 is 0 Å². The number of nitrogens with one attached hydrogen (secondary N) is 1. The molecule has 0 spiro atoms. The number of thiocarbonyl (C=S) groups is 1. The Morgan fingerprint density at radius 3 is 2.38 bits per heavy atom. The van der Waals surface area contributed by atoms with E-state index in [9.17, 15) is 0 Å². The van der Waals surface area contributed by atoms with Crippen LogP contribution < -0.4 is 5.32 Å². The number of aryl methyl sites for hydroxylation is 2. The normalized spacial score (nSPS) is 17.8. The van der Waals surface area contributed by atoms with Crippen LogP contribution in [-0.4, -0.2) is 24.5 Å². The van der Waals surface area contributed by atoms with E-state index in [1.165, 1.54) is 33.8 Å². The maximum atomic E-state index is 5.86. The summed E-state index contributed by atoms with van der Waals surface area (Å²) in [5, 5.41) is 4.29. The predicted molar refractivity (Wildman–Crippen MR) is 140 cm³/mol. The maximum Gasteiger partial charge on any atom is 0.170 e. The number of pyridine rings is 2. The molecule has 3 aromatic heterocycles. The number of aromatic nitrogens is 3. The Morgan fingerprint density at radius 2 is 1.68 bits per heavy atom. The van der Waals surface area contributed by atoms with Gasteiger partial charge in [0.2, 0.25) is 0 Å². The molecule has 1 aliphatic rings. The standard InChI is InChI=1S/C28H29N5S/c1-18-10-9-13-25(20(18)3)33-19(2)16-23(21(33)4)27-26(24-12-6-8-15-30-24)31-28(34)32(27)17-22-11-5-7-14-29-22/h5-16,26-27H,17H2,1-4H3,(H,31,34)/t26-,27-/m1/s1. The highest BCUT2D eigenvalue weighted by molar-refractivity contribution is 7.80. The summed E-state index contributed by atoms with van der Waals surface area (Å²) in [6.45, 7) is 9.38. The number of hydrogen-bond donors (Lipinski definition) is 1. The van der Waals surface area contributed by atoms with Crippen LogP contribution in [0, 0.1) is 27.7 Å². The SMILES string of the molecule is Cc1cccc(-n2c(C)cc([C@@H]3[C@@H](c4ccccn4)NC(=S)N3Cc3ccccn3)c2C)c1C. The molecule has 6 heteroatoms. The van der Waals surface area contributed by atoms with E-state index in [4.69, 9.17) is 12.2 Å². The Morgan fingerprint density at radius 1 is 0.912 bits per heavy atom. The van der Waals surface area contributed by atoms with Gasteiger partial charge in [0.1, 0.15) is 0 Å². The molecule has 1 N–H and O–H groups in total. The lowest BCUT2D eigenvalue weighted by atomic mass is 9.96. The number of hydrogen-bond acceptors (Lipinski definition) is 3. The maximum absolute atomic E-state index is 5.86. The summed E-state index contributed by atoms with van der Waals surface area (Å²) in [6.07, 6.45) is 3.68. The molecule has 2 atom stereocenters. The van der Waals surface area contributed by atoms with Crippen LogP contribution in [0.2, 0.25) is 0 Å². The van der Waals surface area contributed by atoms with Crippen LogP contribution in [0.15, 0.2) is 73.1 Å². The van der Waals surface area contributed by atoms with Gasteiger partial charge in [-0.15, -0.1) is 0 Å². The van der Waals surface area contributed by atoms with Gasteiger partial charge in [0.25, 0.3) is 0 Å². The number of rotatable bonds is 5. The first-order valence-corrected chi connectivity index (χ1v) is 12.0. The second-order valence-corrected chi connectivity index (χ2v) is 9.34. The molecule has 0 bridgehead atoms. The topological polar surface area (TPSA) is 46.0 Å². The van der Waals surface area contributed by atoms with Crippen molar-refractivity contribution >= 4 is 17.3 Å². The summed E-state index contributed by atoms with van der Waals surface area (Å²) in [4.78, 5) is 11.5. The summed E-state index contributed by atoms with van der Waals surface area (Å²) in [7, 11) is 0. The van der Waals surface area contributed by atoms with Crippen LogP contribution in [0.5, 0.6) is 0 Å². The molecule has 5 rings (SSSR count). The van der Waals surface area contributed by atoms with Gasteiger partial charge >= 0.3 is 0 Å². The van der Waals surface area contributed by atoms with Gasteiger partial charge in [0.05, 0.1) is 30.0 Å². The highest BCUT2D eigenvalue weighted by Crippen LogP contribution is 2.42. The van der Waals surface area contributed by atoms with Crippen molar-refractivity contribution in [1.29, 1.82) is 0 Å². The van der Waals surface area contributed by atoms with Crippen molar-refractivity contribution in [3.8, 4) is 5.69 Å². The van der Waals surface area contributed by atoms with Crippen molar-refractivity contribution in [2.45, 2.75) is 46.3 Å². The van der Waals surface area contributed by atoms with E-state index in [0.717, 1.165) is 16.5 Å². The highest BCUT2D eigenvalue weighted by Gasteiger charge is 2.41. The van der Waals surface area contributed by atoms with E-state index in [-0.39, 0.29) is 12.1 Å². The van der Waals surface area contributed by atoms with Gasteiger partial charge < -0.3 is 14.8 Å². The van der Waals surface area contributed by atoms with E-state index in [2.05, 4.69) is 82.8 Å². The molecule has 4 heterocycles. The molecule has 0 aliphatic carbocycles. The molecule has 1 aliphatic heterocycles. The Balaban J connectivity index is 1.64. The third-order valence-corrected chi connectivity index (χ3v) is 7.21. The molecular weight excluding hydrogens is 438 g/mol. The minimum Gasteiger partial charge on any atom is -0.352 e. The fourth-order valence-corrected chi connectivity index (χ4v) is 5.32. The van der Waals surface area contributed by atoms with Crippen LogP contribution in [0.4, 0.5) is 0 Å². The third-order valence-electron chi connectivity index (χ3n) is 6.86. The first-order valence-electron chi connectivity index (χ1n) is 11.6. The van der Waals surface area contributed by atoms with Gasteiger partial charge in [-0.2, -0.15) is 0 Å². The number of benzene rings is 1. The quantitative estimate of drug-likeness (QED) is 0.383. The van der Waals surface area contributed by atoms with Gasteiger partial charge in [-0.25, -0.2) is 0 Å². The van der Waals surface area contributed by atoms with Crippen LogP contribution in [0.3, 0.4) is 0 Å². The molecule has 0 saturated carbocycles. The fourth-order valence-electron chi connectivity index (χ4n) is 5.02. The van der Waals surface area contributed by atoms with Crippen molar-refractivity contribution in [3.63, 3.8) is 0 Å². The molecule has 34 heavy (non-hydrogen) atoms. The first-order chi connectivity index (χ1) is 16.5. The largest absolute Gasteiger partial charge is 0.352 e. The van der Waals surface area contributed by atoms with Crippen LogP contribution in [0.25, 0.3) is 5.69 Å². The van der Waals surface area contributed by atoms with Crippen molar-refractivity contribution in [1.82, 2.24) is 24.8 Å². The molecular formula is C28H29N5S. The van der Waals surface area contributed by atoms with Gasteiger partial charge in [-0.1, -0.05) is 24.3 Å². The molecule has 172 valence electrons. The monoisotopic (exact) mass is 467 g/mol. The van der Waals surface area contributed by atoms with Gasteiger partial charge in [-0.05, 0) is 93.0 Å². The summed E-state index contributed by atoms with van der Waals surface area (Å²) in [6, 6.07) is 20.8. The Kier molecular flexibility index (Phi) is 5.92. The van der Waals surface area contributed by atoms with Crippen molar-refractivity contribution < 1.29 is 0 Å².